The topological polar surface area (TPSA) is 64.7 Å². The second-order valence-corrected chi connectivity index (χ2v) is 9.15. The van der Waals surface area contributed by atoms with Crippen LogP contribution in [0, 0.1) is 7.14 Å². The van der Waals surface area contributed by atoms with Crippen molar-refractivity contribution >= 4 is 17.2 Å². The van der Waals surface area contributed by atoms with Gasteiger partial charge in [0.25, 0.3) is 0 Å². The average Bonchev–Trinajstić information content (AvgIpc) is 3.13. The molecule has 0 aliphatic heterocycles. The first-order chi connectivity index (χ1) is 12.3. The van der Waals surface area contributed by atoms with Gasteiger partial charge in [0.05, 0.1) is 0 Å². The first-order valence-corrected chi connectivity index (χ1v) is 10.6. The quantitative estimate of drug-likeness (QED) is 0.465. The molecule has 0 radical (unpaired) electrons. The summed E-state index contributed by atoms with van der Waals surface area (Å²) in [5.74, 6) is 0.458. The number of thiazole rings is 1. The van der Waals surface area contributed by atoms with E-state index in [9.17, 15) is 0 Å². The van der Waals surface area contributed by atoms with Gasteiger partial charge in [-0.2, -0.15) is 0 Å². The molecule has 0 saturated carbocycles. The normalized spacial score (nSPS) is 10.9. The molecule has 2 N–H and O–H groups in total. The molecular formula is C19H14IN4S-. The molecule has 0 amide bonds. The number of aromatic nitrogens is 3. The van der Waals surface area contributed by atoms with Crippen molar-refractivity contribution in [2.75, 3.05) is 5.73 Å². The van der Waals surface area contributed by atoms with Gasteiger partial charge in [-0.3, -0.25) is 0 Å². The van der Waals surface area contributed by atoms with Gasteiger partial charge >= 0.3 is 161 Å². The van der Waals surface area contributed by atoms with E-state index in [0.717, 1.165) is 21.8 Å². The van der Waals surface area contributed by atoms with E-state index in [0.29, 0.717) is 5.82 Å². The number of nitrogen functional groups attached to an aromatic ring is 1. The Balaban J connectivity index is 1.63. The minimum atomic E-state index is -0.187. The van der Waals surface area contributed by atoms with Gasteiger partial charge in [-0.25, -0.2) is 0 Å². The molecule has 6 heteroatoms. The van der Waals surface area contributed by atoms with E-state index < -0.39 is 0 Å². The number of nitrogens with zero attached hydrogens (tertiary/aromatic N) is 3. The number of nitrogens with two attached hydrogens (primary N) is 1. The second-order valence-electron chi connectivity index (χ2n) is 5.26. The van der Waals surface area contributed by atoms with Crippen LogP contribution in [0.1, 0.15) is 0 Å². The predicted octanol–water partition coefficient (Wildman–Crippen LogP) is 0.978. The van der Waals surface area contributed by atoms with Gasteiger partial charge in [-0.05, 0) is 0 Å². The van der Waals surface area contributed by atoms with E-state index >= 15 is 0 Å². The Kier molecular flexibility index (Phi) is 4.71. The Labute approximate surface area is 160 Å². The minimum absolute atomic E-state index is 0.187. The number of hydrogen-bond donors (Lipinski definition) is 1. The fourth-order valence-corrected chi connectivity index (χ4v) is 5.56. The van der Waals surface area contributed by atoms with Gasteiger partial charge in [-0.1, -0.05) is 0 Å². The molecule has 2 aromatic carbocycles. The van der Waals surface area contributed by atoms with E-state index in [1.54, 1.807) is 17.5 Å². The molecule has 4 nitrogen and oxygen atoms in total. The van der Waals surface area contributed by atoms with Crippen LogP contribution in [0.4, 0.5) is 5.82 Å². The summed E-state index contributed by atoms with van der Waals surface area (Å²) < 4.78 is 2.78. The van der Waals surface area contributed by atoms with Crippen molar-refractivity contribution in [2.45, 2.75) is 0 Å². The molecule has 4 aromatic rings. The summed E-state index contributed by atoms with van der Waals surface area (Å²) in [4.78, 5) is 12.8. The van der Waals surface area contributed by atoms with Crippen LogP contribution in [0.25, 0.3) is 21.8 Å². The summed E-state index contributed by atoms with van der Waals surface area (Å²) >= 11 is 1.37. The Hall–Kier alpha value is -2.32. The van der Waals surface area contributed by atoms with Crippen molar-refractivity contribution in [2.24, 2.45) is 0 Å². The zero-order valence-corrected chi connectivity index (χ0v) is 16.1. The molecule has 0 atom stereocenters. The molecule has 0 saturated heterocycles. The molecule has 0 aliphatic rings. The van der Waals surface area contributed by atoms with E-state index in [4.69, 9.17) is 10.7 Å². The number of hydrogen-bond acceptors (Lipinski definition) is 5. The maximum absolute atomic E-state index is 5.93. The Morgan fingerprint density at radius 3 is 2.64 bits per heavy atom. The molecule has 4 rings (SSSR count). The van der Waals surface area contributed by atoms with Gasteiger partial charge in [0.1, 0.15) is 0 Å². The summed E-state index contributed by atoms with van der Waals surface area (Å²) in [5, 5.41) is 2.90. The third-order valence-electron chi connectivity index (χ3n) is 3.55. The Morgan fingerprint density at radius 2 is 1.80 bits per heavy atom. The summed E-state index contributed by atoms with van der Waals surface area (Å²) in [6.07, 6.45) is 3.16. The van der Waals surface area contributed by atoms with Crippen LogP contribution in [-0.2, 0) is 0 Å². The predicted molar refractivity (Wildman–Crippen MR) is 96.8 cm³/mol. The first-order valence-electron chi connectivity index (χ1n) is 7.61. The zero-order valence-electron chi connectivity index (χ0n) is 13.1. The van der Waals surface area contributed by atoms with Crippen molar-refractivity contribution in [1.29, 1.82) is 0 Å². The Morgan fingerprint density at radius 1 is 0.960 bits per heavy atom. The van der Waals surface area contributed by atoms with Crippen molar-refractivity contribution in [3.8, 4) is 21.8 Å². The number of benzene rings is 2. The fraction of sp³-hybridized carbons (Fsp3) is 0. The Bertz CT molecular complexity index is 1000. The van der Waals surface area contributed by atoms with Crippen molar-refractivity contribution in [3.63, 3.8) is 0 Å². The van der Waals surface area contributed by atoms with Gasteiger partial charge in [0, 0.05) is 0 Å². The van der Waals surface area contributed by atoms with Crippen LogP contribution in [0.2, 0.25) is 0 Å². The van der Waals surface area contributed by atoms with E-state index in [2.05, 4.69) is 69.9 Å². The number of rotatable bonds is 4. The van der Waals surface area contributed by atoms with Crippen LogP contribution < -0.4 is 26.9 Å². The summed E-state index contributed by atoms with van der Waals surface area (Å²) in [6, 6.07) is 19.3. The van der Waals surface area contributed by atoms with Crippen LogP contribution in [0.15, 0.2) is 72.5 Å². The van der Waals surface area contributed by atoms with Crippen molar-refractivity contribution in [3.05, 3.63) is 79.6 Å². The van der Waals surface area contributed by atoms with E-state index in [1.165, 1.54) is 13.5 Å². The van der Waals surface area contributed by atoms with E-state index in [-0.39, 0.29) is 21.2 Å². The molecule has 0 aliphatic carbocycles. The van der Waals surface area contributed by atoms with Crippen molar-refractivity contribution in [1.82, 2.24) is 15.0 Å². The summed E-state index contributed by atoms with van der Waals surface area (Å²) in [6.45, 7) is 0. The summed E-state index contributed by atoms with van der Waals surface area (Å²) in [7, 11) is 0. The molecule has 25 heavy (non-hydrogen) atoms. The van der Waals surface area contributed by atoms with Gasteiger partial charge in [0.2, 0.25) is 0 Å². The molecule has 0 fully saturated rings. The van der Waals surface area contributed by atoms with E-state index in [1.807, 2.05) is 0 Å². The molecule has 2 heterocycles. The SMILES string of the molecule is Nc1ncncc1-c1nc(-c2cccc([I-]c3ccccc3)c2)cs1. The molecular weight excluding hydrogens is 443 g/mol. The number of anilines is 1. The average molecular weight is 457 g/mol. The van der Waals surface area contributed by atoms with Gasteiger partial charge < -0.3 is 0 Å². The summed E-state index contributed by atoms with van der Waals surface area (Å²) in [5.41, 5.74) is 8.81. The monoisotopic (exact) mass is 457 g/mol. The molecule has 0 unspecified atom stereocenters. The first kappa shape index (κ1) is 16.2. The third-order valence-corrected chi connectivity index (χ3v) is 7.06. The van der Waals surface area contributed by atoms with Crippen LogP contribution in [0.5, 0.6) is 0 Å². The number of halogens is 1. The second kappa shape index (κ2) is 7.28. The fourth-order valence-electron chi connectivity index (χ4n) is 2.34. The third kappa shape index (κ3) is 3.69. The maximum atomic E-state index is 5.93. The van der Waals surface area contributed by atoms with Crippen LogP contribution in [0.3, 0.4) is 0 Å². The molecule has 124 valence electrons. The van der Waals surface area contributed by atoms with Crippen LogP contribution >= 0.6 is 11.3 Å². The van der Waals surface area contributed by atoms with Crippen LogP contribution in [-0.4, -0.2) is 15.0 Å². The van der Waals surface area contributed by atoms with Gasteiger partial charge in [-0.15, -0.1) is 0 Å². The molecule has 2 aromatic heterocycles. The van der Waals surface area contributed by atoms with Crippen molar-refractivity contribution < 1.29 is 21.2 Å². The van der Waals surface area contributed by atoms with Gasteiger partial charge in [0.15, 0.2) is 0 Å². The molecule has 0 spiro atoms. The molecule has 0 bridgehead atoms. The zero-order chi connectivity index (χ0) is 17.1. The standard InChI is InChI=1S/C19H14IN4S/c21-18-16(10-22-12-23-18)19-24-17(11-25-19)13-5-4-8-15(9-13)20-14-6-2-1-3-7-14/h1-12H,(H2,21,22,23)/q-1.